The molecular weight excluding hydrogens is 282 g/mol. The fourth-order valence-corrected chi connectivity index (χ4v) is 2.45. The van der Waals surface area contributed by atoms with Crippen molar-refractivity contribution in [1.82, 2.24) is 25.3 Å². The molecule has 0 unspecified atom stereocenters. The number of aromatic nitrogens is 4. The van der Waals surface area contributed by atoms with Crippen LogP contribution in [0, 0.1) is 6.92 Å². The van der Waals surface area contributed by atoms with Crippen LogP contribution < -0.4 is 9.80 Å². The Morgan fingerprint density at radius 1 is 1.05 bits per heavy atom. The minimum Gasteiger partial charge on any atom is -0.424 e. The van der Waals surface area contributed by atoms with E-state index in [-0.39, 0.29) is 0 Å². The van der Waals surface area contributed by atoms with Crippen molar-refractivity contribution in [3.05, 3.63) is 23.9 Å². The van der Waals surface area contributed by atoms with Gasteiger partial charge < -0.3 is 14.2 Å². The third-order valence-electron chi connectivity index (χ3n) is 3.72. The quantitative estimate of drug-likeness (QED) is 0.811. The van der Waals surface area contributed by atoms with Crippen molar-refractivity contribution in [1.29, 1.82) is 0 Å². The second-order valence-corrected chi connectivity index (χ2v) is 5.62. The van der Waals surface area contributed by atoms with E-state index >= 15 is 0 Å². The van der Waals surface area contributed by atoms with E-state index in [1.807, 2.05) is 38.1 Å². The summed E-state index contributed by atoms with van der Waals surface area (Å²) in [6, 6.07) is 4.02. The van der Waals surface area contributed by atoms with Crippen LogP contribution in [0.4, 0.5) is 11.6 Å². The average Bonchev–Trinajstić information content (AvgIpc) is 2.93. The van der Waals surface area contributed by atoms with Gasteiger partial charge in [0.15, 0.2) is 11.6 Å². The van der Waals surface area contributed by atoms with Crippen LogP contribution in [-0.2, 0) is 6.54 Å². The molecule has 3 heterocycles. The molecule has 0 amide bonds. The van der Waals surface area contributed by atoms with Crippen molar-refractivity contribution >= 4 is 11.6 Å². The van der Waals surface area contributed by atoms with Crippen molar-refractivity contribution in [2.45, 2.75) is 13.5 Å². The summed E-state index contributed by atoms with van der Waals surface area (Å²) < 4.78 is 5.43. The number of rotatable bonds is 4. The van der Waals surface area contributed by atoms with Crippen LogP contribution in [-0.4, -0.2) is 65.6 Å². The SMILES string of the molecule is Cc1nnc(CN2CCN(c3ccc(N(C)C)nn3)CC2)o1. The summed E-state index contributed by atoms with van der Waals surface area (Å²) in [4.78, 5) is 6.51. The summed E-state index contributed by atoms with van der Waals surface area (Å²) in [6.07, 6.45) is 0. The van der Waals surface area contributed by atoms with Crippen molar-refractivity contribution in [2.24, 2.45) is 0 Å². The van der Waals surface area contributed by atoms with Crippen LogP contribution in [0.1, 0.15) is 11.8 Å². The Hall–Kier alpha value is -2.22. The lowest BCUT2D eigenvalue weighted by Crippen LogP contribution is -2.46. The van der Waals surface area contributed by atoms with Gasteiger partial charge in [-0.15, -0.1) is 20.4 Å². The largest absolute Gasteiger partial charge is 0.424 e. The molecule has 1 fully saturated rings. The molecule has 1 saturated heterocycles. The Morgan fingerprint density at radius 2 is 1.82 bits per heavy atom. The van der Waals surface area contributed by atoms with Crippen LogP contribution in [0.15, 0.2) is 16.5 Å². The van der Waals surface area contributed by atoms with Gasteiger partial charge in [-0.3, -0.25) is 4.90 Å². The summed E-state index contributed by atoms with van der Waals surface area (Å²) in [5, 5.41) is 16.4. The van der Waals surface area contributed by atoms with Crippen LogP contribution in [0.5, 0.6) is 0 Å². The fourth-order valence-electron chi connectivity index (χ4n) is 2.45. The zero-order valence-electron chi connectivity index (χ0n) is 13.2. The molecule has 0 radical (unpaired) electrons. The van der Waals surface area contributed by atoms with E-state index in [2.05, 4.69) is 30.2 Å². The van der Waals surface area contributed by atoms with Crippen LogP contribution in [0.2, 0.25) is 0 Å². The highest BCUT2D eigenvalue weighted by Gasteiger charge is 2.20. The lowest BCUT2D eigenvalue weighted by atomic mass is 10.3. The van der Waals surface area contributed by atoms with Crippen molar-refractivity contribution in [3.8, 4) is 0 Å². The van der Waals surface area contributed by atoms with E-state index in [0.717, 1.165) is 37.8 Å². The Labute approximate surface area is 129 Å². The molecule has 0 spiro atoms. The van der Waals surface area contributed by atoms with Gasteiger partial charge >= 0.3 is 0 Å². The number of nitrogens with zero attached hydrogens (tertiary/aromatic N) is 7. The maximum Gasteiger partial charge on any atom is 0.230 e. The standard InChI is InChI=1S/C14H21N7O/c1-11-15-18-14(22-11)10-20-6-8-21(9-7-20)13-5-4-12(16-17-13)19(2)3/h4-5H,6-10H2,1-3H3. The lowest BCUT2D eigenvalue weighted by Gasteiger charge is -2.34. The van der Waals surface area contributed by atoms with Crippen LogP contribution >= 0.6 is 0 Å². The molecule has 0 aliphatic carbocycles. The molecule has 8 heteroatoms. The Kier molecular flexibility index (Phi) is 4.19. The number of hydrogen-bond donors (Lipinski definition) is 0. The molecule has 0 bridgehead atoms. The van der Waals surface area contributed by atoms with Crippen molar-refractivity contribution < 1.29 is 4.42 Å². The van der Waals surface area contributed by atoms with Crippen molar-refractivity contribution in [2.75, 3.05) is 50.1 Å². The molecule has 22 heavy (non-hydrogen) atoms. The predicted octanol–water partition coefficient (Wildman–Crippen LogP) is 0.556. The number of aryl methyl sites for hydroxylation is 1. The Balaban J connectivity index is 1.54. The first-order valence-corrected chi connectivity index (χ1v) is 7.39. The van der Waals surface area contributed by atoms with Crippen molar-refractivity contribution in [3.63, 3.8) is 0 Å². The first-order chi connectivity index (χ1) is 10.6. The molecule has 2 aromatic rings. The average molecular weight is 303 g/mol. The van der Waals surface area contributed by atoms with Gasteiger partial charge in [-0.1, -0.05) is 0 Å². The van der Waals surface area contributed by atoms with Gasteiger partial charge in [0.2, 0.25) is 11.8 Å². The number of piperazine rings is 1. The Bertz CT molecular complexity index is 602. The fraction of sp³-hybridized carbons (Fsp3) is 0.571. The van der Waals surface area contributed by atoms with E-state index in [4.69, 9.17) is 4.42 Å². The Morgan fingerprint density at radius 3 is 2.36 bits per heavy atom. The first kappa shape index (κ1) is 14.7. The monoisotopic (exact) mass is 303 g/mol. The molecular formula is C14H21N7O. The van der Waals surface area contributed by atoms with E-state index in [1.165, 1.54) is 0 Å². The van der Waals surface area contributed by atoms with E-state index in [0.29, 0.717) is 18.3 Å². The molecule has 8 nitrogen and oxygen atoms in total. The minimum atomic E-state index is 0.616. The predicted molar refractivity (Wildman–Crippen MR) is 82.9 cm³/mol. The zero-order chi connectivity index (χ0) is 15.5. The van der Waals surface area contributed by atoms with Gasteiger partial charge in [0.25, 0.3) is 0 Å². The van der Waals surface area contributed by atoms with E-state index in [1.54, 1.807) is 0 Å². The summed E-state index contributed by atoms with van der Waals surface area (Å²) >= 11 is 0. The van der Waals surface area contributed by atoms with Gasteiger partial charge in [0.05, 0.1) is 6.54 Å². The summed E-state index contributed by atoms with van der Waals surface area (Å²) in [5.74, 6) is 3.10. The van der Waals surface area contributed by atoms with Gasteiger partial charge in [-0.2, -0.15) is 0 Å². The molecule has 0 aromatic carbocycles. The molecule has 3 rings (SSSR count). The molecule has 0 atom stereocenters. The summed E-state index contributed by atoms with van der Waals surface area (Å²) in [5.41, 5.74) is 0. The minimum absolute atomic E-state index is 0.616. The highest BCUT2D eigenvalue weighted by molar-refractivity contribution is 5.44. The summed E-state index contributed by atoms with van der Waals surface area (Å²) in [6.45, 7) is 6.24. The number of anilines is 2. The molecule has 0 saturated carbocycles. The smallest absolute Gasteiger partial charge is 0.230 e. The first-order valence-electron chi connectivity index (χ1n) is 7.39. The highest BCUT2D eigenvalue weighted by atomic mass is 16.4. The van der Waals surface area contributed by atoms with Crippen LogP contribution in [0.25, 0.3) is 0 Å². The lowest BCUT2D eigenvalue weighted by molar-refractivity contribution is 0.224. The van der Waals surface area contributed by atoms with E-state index < -0.39 is 0 Å². The van der Waals surface area contributed by atoms with Gasteiger partial charge in [0.1, 0.15) is 0 Å². The third-order valence-corrected chi connectivity index (χ3v) is 3.72. The second kappa shape index (κ2) is 6.27. The zero-order valence-corrected chi connectivity index (χ0v) is 13.2. The van der Waals surface area contributed by atoms with Gasteiger partial charge in [-0.25, -0.2) is 0 Å². The number of hydrogen-bond acceptors (Lipinski definition) is 8. The molecule has 2 aromatic heterocycles. The topological polar surface area (TPSA) is 74.4 Å². The van der Waals surface area contributed by atoms with Gasteiger partial charge in [0, 0.05) is 47.2 Å². The van der Waals surface area contributed by atoms with Crippen LogP contribution in [0.3, 0.4) is 0 Å². The molecule has 118 valence electrons. The normalized spacial score (nSPS) is 16.0. The summed E-state index contributed by atoms with van der Waals surface area (Å²) in [7, 11) is 3.92. The maximum atomic E-state index is 5.43. The molecule has 1 aliphatic rings. The second-order valence-electron chi connectivity index (χ2n) is 5.62. The third kappa shape index (κ3) is 3.33. The maximum absolute atomic E-state index is 5.43. The van der Waals surface area contributed by atoms with Gasteiger partial charge in [-0.05, 0) is 12.1 Å². The van der Waals surface area contributed by atoms with E-state index in [9.17, 15) is 0 Å². The molecule has 0 N–H and O–H groups in total. The highest BCUT2D eigenvalue weighted by Crippen LogP contribution is 2.16. The molecule has 1 aliphatic heterocycles.